The molecule has 0 heterocycles. The van der Waals surface area contributed by atoms with Gasteiger partial charge in [-0.2, -0.15) is 13.2 Å². The molecule has 1 aliphatic carbocycles. The van der Waals surface area contributed by atoms with Gasteiger partial charge in [-0.25, -0.2) is 0 Å². The summed E-state index contributed by atoms with van der Waals surface area (Å²) in [6, 6.07) is 0. The summed E-state index contributed by atoms with van der Waals surface area (Å²) >= 11 is 0. The molecule has 0 N–H and O–H groups in total. The van der Waals surface area contributed by atoms with Gasteiger partial charge >= 0.3 is 6.18 Å². The van der Waals surface area contributed by atoms with Crippen molar-refractivity contribution in [3.63, 3.8) is 0 Å². The summed E-state index contributed by atoms with van der Waals surface area (Å²) < 4.78 is 42.0. The van der Waals surface area contributed by atoms with Crippen LogP contribution in [0.25, 0.3) is 0 Å². The molecule has 1 rings (SSSR count). The molecule has 5 heteroatoms. The highest BCUT2D eigenvalue weighted by molar-refractivity contribution is 5.62. The SMILES string of the molecule is COC1(C=O)CCCC(C(F)(F)F)C1. The van der Waals surface area contributed by atoms with Crippen molar-refractivity contribution in [3.05, 3.63) is 0 Å². The second-order valence-corrected chi connectivity index (χ2v) is 3.72. The molecule has 2 unspecified atom stereocenters. The van der Waals surface area contributed by atoms with E-state index in [1.165, 1.54) is 7.11 Å². The van der Waals surface area contributed by atoms with E-state index in [1.54, 1.807) is 0 Å². The Hall–Kier alpha value is -0.580. The van der Waals surface area contributed by atoms with Crippen LogP contribution in [0, 0.1) is 5.92 Å². The smallest absolute Gasteiger partial charge is 0.371 e. The van der Waals surface area contributed by atoms with Gasteiger partial charge in [0, 0.05) is 7.11 Å². The maximum atomic E-state index is 12.4. The van der Waals surface area contributed by atoms with Crippen LogP contribution < -0.4 is 0 Å². The van der Waals surface area contributed by atoms with Crippen molar-refractivity contribution in [1.82, 2.24) is 0 Å². The zero-order chi connectivity index (χ0) is 10.8. The summed E-state index contributed by atoms with van der Waals surface area (Å²) in [7, 11) is 1.28. The lowest BCUT2D eigenvalue weighted by Crippen LogP contribution is -2.43. The van der Waals surface area contributed by atoms with Crippen LogP contribution in [0.5, 0.6) is 0 Å². The van der Waals surface area contributed by atoms with E-state index >= 15 is 0 Å². The van der Waals surface area contributed by atoms with Crippen molar-refractivity contribution in [2.75, 3.05) is 7.11 Å². The average molecular weight is 210 g/mol. The molecular formula is C9H13F3O2. The number of hydrogen-bond donors (Lipinski definition) is 0. The second kappa shape index (κ2) is 3.88. The Morgan fingerprint density at radius 3 is 2.57 bits per heavy atom. The first-order valence-corrected chi connectivity index (χ1v) is 4.52. The summed E-state index contributed by atoms with van der Waals surface area (Å²) in [6.07, 6.45) is -3.08. The highest BCUT2D eigenvalue weighted by atomic mass is 19.4. The largest absolute Gasteiger partial charge is 0.391 e. The van der Waals surface area contributed by atoms with E-state index in [2.05, 4.69) is 0 Å². The van der Waals surface area contributed by atoms with Crippen molar-refractivity contribution in [2.24, 2.45) is 5.92 Å². The topological polar surface area (TPSA) is 26.3 Å². The molecule has 0 bridgehead atoms. The molecule has 2 nitrogen and oxygen atoms in total. The molecule has 0 amide bonds. The standard InChI is InChI=1S/C9H13F3O2/c1-14-8(6-13)4-2-3-7(5-8)9(10,11)12/h6-7H,2-5H2,1H3. The molecule has 0 saturated heterocycles. The summed E-state index contributed by atoms with van der Waals surface area (Å²) in [5.41, 5.74) is -1.21. The van der Waals surface area contributed by atoms with E-state index in [0.29, 0.717) is 19.1 Å². The Labute approximate surface area is 80.4 Å². The molecule has 2 atom stereocenters. The number of halogens is 3. The fraction of sp³-hybridized carbons (Fsp3) is 0.889. The van der Waals surface area contributed by atoms with Gasteiger partial charge in [0.15, 0.2) is 6.29 Å². The lowest BCUT2D eigenvalue weighted by atomic mass is 9.78. The molecule has 0 aromatic rings. The van der Waals surface area contributed by atoms with Gasteiger partial charge in [0.25, 0.3) is 0 Å². The van der Waals surface area contributed by atoms with Gasteiger partial charge in [-0.05, 0) is 25.7 Å². The monoisotopic (exact) mass is 210 g/mol. The number of aldehydes is 1. The predicted octanol–water partition coefficient (Wildman–Crippen LogP) is 2.32. The van der Waals surface area contributed by atoms with E-state index in [1.807, 2.05) is 0 Å². The number of methoxy groups -OCH3 is 1. The fourth-order valence-electron chi connectivity index (χ4n) is 1.89. The average Bonchev–Trinajstić information content (AvgIpc) is 2.16. The third-order valence-electron chi connectivity index (χ3n) is 2.83. The summed E-state index contributed by atoms with van der Waals surface area (Å²) in [5, 5.41) is 0. The molecule has 82 valence electrons. The van der Waals surface area contributed by atoms with Gasteiger partial charge in [0.05, 0.1) is 5.92 Å². The zero-order valence-electron chi connectivity index (χ0n) is 7.93. The minimum absolute atomic E-state index is 0.0997. The van der Waals surface area contributed by atoms with Gasteiger partial charge in [0.2, 0.25) is 0 Å². The molecule has 0 aromatic heterocycles. The van der Waals surface area contributed by atoms with Crippen LogP contribution in [0.1, 0.15) is 25.7 Å². The van der Waals surface area contributed by atoms with E-state index in [-0.39, 0.29) is 12.8 Å². The van der Waals surface area contributed by atoms with Crippen molar-refractivity contribution in [1.29, 1.82) is 0 Å². The molecular weight excluding hydrogens is 197 g/mol. The predicted molar refractivity (Wildman–Crippen MR) is 43.8 cm³/mol. The maximum Gasteiger partial charge on any atom is 0.391 e. The van der Waals surface area contributed by atoms with E-state index in [4.69, 9.17) is 4.74 Å². The lowest BCUT2D eigenvalue weighted by Gasteiger charge is -2.36. The first kappa shape index (κ1) is 11.5. The number of alkyl halides is 3. The van der Waals surface area contributed by atoms with Crippen LogP contribution in [0.3, 0.4) is 0 Å². The summed E-state index contributed by atoms with van der Waals surface area (Å²) in [6.45, 7) is 0. The Morgan fingerprint density at radius 2 is 2.14 bits per heavy atom. The van der Waals surface area contributed by atoms with Crippen molar-refractivity contribution < 1.29 is 22.7 Å². The summed E-state index contributed by atoms with van der Waals surface area (Å²) in [4.78, 5) is 10.7. The Kier molecular flexibility index (Phi) is 3.19. The number of carbonyl (C=O) groups excluding carboxylic acids is 1. The van der Waals surface area contributed by atoms with Gasteiger partial charge in [-0.15, -0.1) is 0 Å². The highest BCUT2D eigenvalue weighted by Gasteiger charge is 2.47. The first-order chi connectivity index (χ1) is 6.43. The van der Waals surface area contributed by atoms with Gasteiger partial charge in [-0.3, -0.25) is 0 Å². The molecule has 0 aromatic carbocycles. The van der Waals surface area contributed by atoms with Crippen molar-refractivity contribution in [3.8, 4) is 0 Å². The minimum atomic E-state index is -4.22. The Balaban J connectivity index is 2.73. The number of carbonyl (C=O) groups is 1. The van der Waals surface area contributed by atoms with Gasteiger partial charge in [-0.1, -0.05) is 0 Å². The van der Waals surface area contributed by atoms with Crippen LogP contribution in [0.2, 0.25) is 0 Å². The van der Waals surface area contributed by atoms with Crippen molar-refractivity contribution >= 4 is 6.29 Å². The van der Waals surface area contributed by atoms with Crippen LogP contribution in [-0.2, 0) is 9.53 Å². The zero-order valence-corrected chi connectivity index (χ0v) is 7.93. The maximum absolute atomic E-state index is 12.4. The molecule has 0 aliphatic heterocycles. The third kappa shape index (κ3) is 2.26. The number of hydrogen-bond acceptors (Lipinski definition) is 2. The lowest BCUT2D eigenvalue weighted by molar-refractivity contribution is -0.201. The molecule has 0 spiro atoms. The van der Waals surface area contributed by atoms with Gasteiger partial charge in [0.1, 0.15) is 5.60 Å². The summed E-state index contributed by atoms with van der Waals surface area (Å²) in [5.74, 6) is -1.40. The van der Waals surface area contributed by atoms with E-state index in [9.17, 15) is 18.0 Å². The first-order valence-electron chi connectivity index (χ1n) is 4.52. The van der Waals surface area contributed by atoms with Crippen LogP contribution >= 0.6 is 0 Å². The van der Waals surface area contributed by atoms with Crippen molar-refractivity contribution in [2.45, 2.75) is 37.5 Å². The highest BCUT2D eigenvalue weighted by Crippen LogP contribution is 2.42. The Bertz CT molecular complexity index is 215. The molecule has 1 saturated carbocycles. The molecule has 14 heavy (non-hydrogen) atoms. The molecule has 1 aliphatic rings. The second-order valence-electron chi connectivity index (χ2n) is 3.72. The fourth-order valence-corrected chi connectivity index (χ4v) is 1.89. The third-order valence-corrected chi connectivity index (χ3v) is 2.83. The van der Waals surface area contributed by atoms with E-state index in [0.717, 1.165) is 0 Å². The van der Waals surface area contributed by atoms with Crippen LogP contribution in [0.15, 0.2) is 0 Å². The molecule has 0 radical (unpaired) electrons. The number of rotatable bonds is 2. The quantitative estimate of drug-likeness (QED) is 0.654. The number of ether oxygens (including phenoxy) is 1. The molecule has 1 fully saturated rings. The Morgan fingerprint density at radius 1 is 1.50 bits per heavy atom. The normalized spacial score (nSPS) is 34.1. The van der Waals surface area contributed by atoms with Crippen LogP contribution in [-0.4, -0.2) is 25.2 Å². The van der Waals surface area contributed by atoms with Gasteiger partial charge < -0.3 is 9.53 Å². The minimum Gasteiger partial charge on any atom is -0.371 e. The van der Waals surface area contributed by atoms with Crippen LogP contribution in [0.4, 0.5) is 13.2 Å². The van der Waals surface area contributed by atoms with E-state index < -0.39 is 17.7 Å².